The highest BCUT2D eigenvalue weighted by Crippen LogP contribution is 2.27. The van der Waals surface area contributed by atoms with Gasteiger partial charge in [0.1, 0.15) is 0 Å². The van der Waals surface area contributed by atoms with E-state index in [0.29, 0.717) is 18.9 Å². The fraction of sp³-hybridized carbons (Fsp3) is 0.647. The van der Waals surface area contributed by atoms with Crippen molar-refractivity contribution in [3.05, 3.63) is 29.8 Å². The molecule has 1 fully saturated rings. The predicted molar refractivity (Wildman–Crippen MR) is 96.3 cm³/mol. The molecule has 0 N–H and O–H groups in total. The van der Waals surface area contributed by atoms with E-state index >= 15 is 0 Å². The number of nitrogens with zero attached hydrogens (tertiary/aromatic N) is 1. The van der Waals surface area contributed by atoms with Gasteiger partial charge in [-0.05, 0) is 36.0 Å². The summed E-state index contributed by atoms with van der Waals surface area (Å²) in [5, 5.41) is 0. The van der Waals surface area contributed by atoms with Crippen LogP contribution in [0, 0.1) is 5.92 Å². The van der Waals surface area contributed by atoms with Gasteiger partial charge >= 0.3 is 0 Å². The second-order valence-corrected chi connectivity index (χ2v) is 11.4. The quantitative estimate of drug-likeness (QED) is 0.768. The van der Waals surface area contributed by atoms with E-state index in [4.69, 9.17) is 0 Å². The van der Waals surface area contributed by atoms with Gasteiger partial charge in [0, 0.05) is 12.6 Å². The van der Waals surface area contributed by atoms with Crippen LogP contribution in [0.2, 0.25) is 0 Å². The van der Waals surface area contributed by atoms with Crippen LogP contribution in [0.4, 0.5) is 0 Å². The van der Waals surface area contributed by atoms with Gasteiger partial charge in [-0.25, -0.2) is 16.8 Å². The average Bonchev–Trinajstić information content (AvgIpc) is 2.84. The van der Waals surface area contributed by atoms with Crippen molar-refractivity contribution in [2.24, 2.45) is 5.92 Å². The average molecular weight is 374 g/mol. The third-order valence-corrected chi connectivity index (χ3v) is 8.00. The monoisotopic (exact) mass is 373 g/mol. The van der Waals surface area contributed by atoms with Crippen LogP contribution in [-0.4, -0.2) is 45.2 Å². The highest BCUT2D eigenvalue weighted by molar-refractivity contribution is 7.92. The van der Waals surface area contributed by atoms with Crippen LogP contribution in [0.3, 0.4) is 0 Å². The topological polar surface area (TPSA) is 71.5 Å². The Morgan fingerprint density at radius 2 is 1.71 bits per heavy atom. The second kappa shape index (κ2) is 7.14. The van der Waals surface area contributed by atoms with Gasteiger partial charge in [-0.1, -0.05) is 39.8 Å². The van der Waals surface area contributed by atoms with Crippen LogP contribution in [0.1, 0.15) is 45.6 Å². The zero-order chi connectivity index (χ0) is 18.1. The van der Waals surface area contributed by atoms with Crippen molar-refractivity contribution >= 4 is 19.9 Å². The molecule has 0 spiro atoms. The lowest BCUT2D eigenvalue weighted by molar-refractivity contribution is 0.308. The van der Waals surface area contributed by atoms with Gasteiger partial charge in [-0.2, -0.15) is 4.31 Å². The second-order valence-electron chi connectivity index (χ2n) is 7.25. The number of hydrogen-bond donors (Lipinski definition) is 0. The standard InChI is InChI=1S/C17H27NO4S2/c1-13(2)11-18(16-9-10-23(19,20)12-16)24(21,22)17-7-5-15(6-8-17)14(3)4/h5-8,13-14,16H,9-12H2,1-4H3/t16-/m0/s1. The molecule has 1 atom stereocenters. The minimum Gasteiger partial charge on any atom is -0.229 e. The van der Waals surface area contributed by atoms with Crippen LogP contribution in [-0.2, 0) is 19.9 Å². The molecule has 1 saturated heterocycles. The molecule has 0 saturated carbocycles. The lowest BCUT2D eigenvalue weighted by Gasteiger charge is -2.29. The van der Waals surface area contributed by atoms with Gasteiger partial charge < -0.3 is 0 Å². The Morgan fingerprint density at radius 1 is 1.12 bits per heavy atom. The van der Waals surface area contributed by atoms with Crippen LogP contribution < -0.4 is 0 Å². The Hall–Kier alpha value is -0.920. The normalized spacial score (nSPS) is 21.0. The molecule has 0 unspecified atom stereocenters. The summed E-state index contributed by atoms with van der Waals surface area (Å²) in [6.07, 6.45) is 0.373. The first kappa shape index (κ1) is 19.4. The van der Waals surface area contributed by atoms with E-state index in [9.17, 15) is 16.8 Å². The first-order chi connectivity index (χ1) is 11.0. The molecule has 24 heavy (non-hydrogen) atoms. The molecular weight excluding hydrogens is 346 g/mol. The Labute approximate surface area is 146 Å². The molecule has 1 aromatic rings. The molecule has 136 valence electrons. The molecule has 1 heterocycles. The number of benzene rings is 1. The predicted octanol–water partition coefficient (Wildman–Crippen LogP) is 2.64. The molecule has 1 aromatic carbocycles. The van der Waals surface area contributed by atoms with E-state index in [1.807, 2.05) is 26.0 Å². The molecule has 0 aliphatic carbocycles. The Morgan fingerprint density at radius 3 is 2.12 bits per heavy atom. The molecule has 2 rings (SSSR count). The maximum Gasteiger partial charge on any atom is 0.243 e. The van der Waals surface area contributed by atoms with E-state index in [-0.39, 0.29) is 22.3 Å². The minimum atomic E-state index is -3.70. The van der Waals surface area contributed by atoms with Crippen LogP contribution in [0.25, 0.3) is 0 Å². The Bertz CT molecular complexity index is 765. The zero-order valence-corrected chi connectivity index (χ0v) is 16.4. The van der Waals surface area contributed by atoms with Crippen molar-refractivity contribution in [3.63, 3.8) is 0 Å². The molecule has 0 radical (unpaired) electrons. The van der Waals surface area contributed by atoms with E-state index in [1.165, 1.54) is 4.31 Å². The van der Waals surface area contributed by atoms with Crippen molar-refractivity contribution in [1.29, 1.82) is 0 Å². The molecule has 0 amide bonds. The van der Waals surface area contributed by atoms with E-state index in [1.54, 1.807) is 12.1 Å². The van der Waals surface area contributed by atoms with Crippen LogP contribution in [0.5, 0.6) is 0 Å². The number of sulfonamides is 1. The Balaban J connectivity index is 2.36. The highest BCUT2D eigenvalue weighted by atomic mass is 32.2. The van der Waals surface area contributed by atoms with Gasteiger partial charge in [-0.15, -0.1) is 0 Å². The Kier molecular flexibility index (Phi) is 5.77. The third-order valence-electron chi connectivity index (χ3n) is 4.31. The first-order valence-electron chi connectivity index (χ1n) is 8.35. The molecule has 1 aliphatic heterocycles. The summed E-state index contributed by atoms with van der Waals surface area (Å²) in [6, 6.07) is 6.45. The van der Waals surface area contributed by atoms with Crippen molar-refractivity contribution < 1.29 is 16.8 Å². The van der Waals surface area contributed by atoms with Gasteiger partial charge in [0.15, 0.2) is 9.84 Å². The molecule has 5 nitrogen and oxygen atoms in total. The molecule has 1 aliphatic rings. The molecular formula is C17H27NO4S2. The van der Waals surface area contributed by atoms with E-state index in [2.05, 4.69) is 13.8 Å². The van der Waals surface area contributed by atoms with Crippen molar-refractivity contribution in [2.45, 2.75) is 51.0 Å². The summed E-state index contributed by atoms with van der Waals surface area (Å²) in [5.41, 5.74) is 1.08. The van der Waals surface area contributed by atoms with Crippen LogP contribution in [0.15, 0.2) is 29.2 Å². The van der Waals surface area contributed by atoms with Crippen molar-refractivity contribution in [3.8, 4) is 0 Å². The number of rotatable bonds is 6. The van der Waals surface area contributed by atoms with Gasteiger partial charge in [-0.3, -0.25) is 0 Å². The third kappa shape index (κ3) is 4.37. The summed E-state index contributed by atoms with van der Waals surface area (Å²) in [7, 11) is -6.85. The minimum absolute atomic E-state index is 0.0636. The highest BCUT2D eigenvalue weighted by Gasteiger charge is 2.38. The zero-order valence-electron chi connectivity index (χ0n) is 14.8. The lowest BCUT2D eigenvalue weighted by atomic mass is 10.0. The lowest BCUT2D eigenvalue weighted by Crippen LogP contribution is -2.43. The first-order valence-corrected chi connectivity index (χ1v) is 11.6. The molecule has 0 aromatic heterocycles. The summed E-state index contributed by atoms with van der Waals surface area (Å²) in [5.74, 6) is 0.434. The molecule has 7 heteroatoms. The maximum absolute atomic E-state index is 13.1. The summed E-state index contributed by atoms with van der Waals surface area (Å²) in [4.78, 5) is 0.233. The van der Waals surface area contributed by atoms with Crippen LogP contribution >= 0.6 is 0 Å². The smallest absolute Gasteiger partial charge is 0.229 e. The van der Waals surface area contributed by atoms with Gasteiger partial charge in [0.05, 0.1) is 16.4 Å². The summed E-state index contributed by atoms with van der Waals surface area (Å²) < 4.78 is 51.1. The number of sulfone groups is 1. The van der Waals surface area contributed by atoms with Crippen molar-refractivity contribution in [2.75, 3.05) is 18.1 Å². The fourth-order valence-corrected chi connectivity index (χ4v) is 6.61. The van der Waals surface area contributed by atoms with E-state index < -0.39 is 25.9 Å². The largest absolute Gasteiger partial charge is 0.243 e. The van der Waals surface area contributed by atoms with Gasteiger partial charge in [0.25, 0.3) is 0 Å². The number of hydrogen-bond acceptors (Lipinski definition) is 4. The van der Waals surface area contributed by atoms with E-state index in [0.717, 1.165) is 5.56 Å². The summed E-state index contributed by atoms with van der Waals surface area (Å²) in [6.45, 7) is 8.31. The summed E-state index contributed by atoms with van der Waals surface area (Å²) >= 11 is 0. The van der Waals surface area contributed by atoms with Gasteiger partial charge in [0.2, 0.25) is 10.0 Å². The maximum atomic E-state index is 13.1. The van der Waals surface area contributed by atoms with Crippen molar-refractivity contribution in [1.82, 2.24) is 4.31 Å². The fourth-order valence-electron chi connectivity index (χ4n) is 2.97. The molecule has 0 bridgehead atoms. The SMILES string of the molecule is CC(C)CN([C@H]1CCS(=O)(=O)C1)S(=O)(=O)c1ccc(C(C)C)cc1.